The van der Waals surface area contributed by atoms with E-state index in [-0.39, 0.29) is 11.9 Å². The average Bonchev–Trinajstić information content (AvgIpc) is 2.92. The maximum atomic E-state index is 13.9. The number of benzene rings is 2. The van der Waals surface area contributed by atoms with Gasteiger partial charge in [0.05, 0.1) is 16.8 Å². The first-order valence-electron chi connectivity index (χ1n) is 12.3. The maximum absolute atomic E-state index is 13.9. The Morgan fingerprint density at radius 1 is 0.971 bits per heavy atom. The van der Waals surface area contributed by atoms with Gasteiger partial charge in [0.25, 0.3) is 5.91 Å². The summed E-state index contributed by atoms with van der Waals surface area (Å²) in [4.78, 5) is 25.0. The van der Waals surface area contributed by atoms with Crippen LogP contribution in [0.2, 0.25) is 0 Å². The smallest absolute Gasteiger partial charge is 0.254 e. The van der Waals surface area contributed by atoms with Gasteiger partial charge in [-0.25, -0.2) is 4.98 Å². The molecule has 4 aromatic rings. The van der Waals surface area contributed by atoms with E-state index in [0.29, 0.717) is 17.4 Å². The number of aromatic nitrogens is 2. The number of pyridine rings is 2. The second kappa shape index (κ2) is 9.76. The zero-order valence-corrected chi connectivity index (χ0v) is 19.9. The first kappa shape index (κ1) is 22.3. The Labute approximate surface area is 201 Å². The molecule has 0 bridgehead atoms. The van der Waals surface area contributed by atoms with Gasteiger partial charge in [0.2, 0.25) is 0 Å². The van der Waals surface area contributed by atoms with Crippen LogP contribution in [0, 0.1) is 5.92 Å². The van der Waals surface area contributed by atoms with Gasteiger partial charge in [-0.1, -0.05) is 73.5 Å². The summed E-state index contributed by atoms with van der Waals surface area (Å²) in [5.41, 5.74) is 4.66. The van der Waals surface area contributed by atoms with E-state index in [9.17, 15) is 4.79 Å². The third-order valence-electron chi connectivity index (χ3n) is 7.51. The molecule has 3 atom stereocenters. The van der Waals surface area contributed by atoms with E-state index < -0.39 is 0 Å². The topological polar surface area (TPSA) is 46.1 Å². The minimum atomic E-state index is 0.0301. The van der Waals surface area contributed by atoms with Crippen LogP contribution in [0.5, 0.6) is 0 Å². The largest absolute Gasteiger partial charge is 0.339 e. The lowest BCUT2D eigenvalue weighted by molar-refractivity contribution is 0.0646. The van der Waals surface area contributed by atoms with Gasteiger partial charge in [-0.2, -0.15) is 0 Å². The summed E-state index contributed by atoms with van der Waals surface area (Å²) in [6.45, 7) is 2.21. The van der Waals surface area contributed by atoms with E-state index in [4.69, 9.17) is 4.98 Å². The van der Waals surface area contributed by atoms with Crippen molar-refractivity contribution in [2.24, 2.45) is 5.92 Å². The SMILES string of the molecule is CC(C1CCCCC1c1ccccc1)N(C)C(=O)c1cc(-c2ccccc2)nc2ccncc12. The van der Waals surface area contributed by atoms with Crippen LogP contribution in [0.15, 0.2) is 85.2 Å². The molecule has 1 fully saturated rings. The van der Waals surface area contributed by atoms with Gasteiger partial charge < -0.3 is 4.90 Å². The fourth-order valence-corrected chi connectivity index (χ4v) is 5.52. The lowest BCUT2D eigenvalue weighted by Crippen LogP contribution is -2.43. The predicted molar refractivity (Wildman–Crippen MR) is 138 cm³/mol. The summed E-state index contributed by atoms with van der Waals surface area (Å²) in [5, 5.41) is 0.800. The quantitative estimate of drug-likeness (QED) is 0.339. The van der Waals surface area contributed by atoms with Crippen molar-refractivity contribution in [3.05, 3.63) is 96.3 Å². The van der Waals surface area contributed by atoms with Crippen molar-refractivity contribution in [3.63, 3.8) is 0 Å². The third-order valence-corrected chi connectivity index (χ3v) is 7.51. The minimum absolute atomic E-state index is 0.0301. The number of amides is 1. The first-order chi connectivity index (χ1) is 16.6. The number of carbonyl (C=O) groups is 1. The molecule has 5 rings (SSSR count). The summed E-state index contributed by atoms with van der Waals surface area (Å²) in [7, 11) is 1.95. The molecule has 0 aliphatic heterocycles. The molecule has 1 amide bonds. The molecule has 4 nitrogen and oxygen atoms in total. The van der Waals surface area contributed by atoms with E-state index in [2.05, 4.69) is 42.2 Å². The van der Waals surface area contributed by atoms with Crippen molar-refractivity contribution in [2.45, 2.75) is 44.6 Å². The molecule has 0 spiro atoms. The van der Waals surface area contributed by atoms with E-state index in [0.717, 1.165) is 28.6 Å². The number of hydrogen-bond acceptors (Lipinski definition) is 3. The molecule has 1 aliphatic rings. The fraction of sp³-hybridized carbons (Fsp3) is 0.300. The highest BCUT2D eigenvalue weighted by Crippen LogP contribution is 2.41. The van der Waals surface area contributed by atoms with E-state index in [1.165, 1.54) is 24.8 Å². The first-order valence-corrected chi connectivity index (χ1v) is 12.3. The zero-order valence-electron chi connectivity index (χ0n) is 19.9. The normalized spacial score (nSPS) is 19.0. The van der Waals surface area contributed by atoms with Gasteiger partial charge in [0, 0.05) is 36.4 Å². The molecule has 172 valence electrons. The molecular weight excluding hydrogens is 418 g/mol. The van der Waals surface area contributed by atoms with E-state index >= 15 is 0 Å². The molecule has 0 saturated heterocycles. The lowest BCUT2D eigenvalue weighted by atomic mass is 9.72. The molecule has 2 heterocycles. The lowest BCUT2D eigenvalue weighted by Gasteiger charge is -2.40. The summed E-state index contributed by atoms with van der Waals surface area (Å²) < 4.78 is 0. The maximum Gasteiger partial charge on any atom is 0.254 e. The predicted octanol–water partition coefficient (Wildman–Crippen LogP) is 6.73. The second-order valence-corrected chi connectivity index (χ2v) is 9.44. The Kier molecular flexibility index (Phi) is 6.39. The number of rotatable bonds is 5. The number of nitrogens with zero attached hydrogens (tertiary/aromatic N) is 3. The van der Waals surface area contributed by atoms with Gasteiger partial charge in [0.15, 0.2) is 0 Å². The van der Waals surface area contributed by atoms with Gasteiger partial charge >= 0.3 is 0 Å². The van der Waals surface area contributed by atoms with Crippen LogP contribution in [-0.4, -0.2) is 33.9 Å². The summed E-state index contributed by atoms with van der Waals surface area (Å²) in [6.07, 6.45) is 8.29. The molecule has 4 heteroatoms. The van der Waals surface area contributed by atoms with Crippen LogP contribution in [0.3, 0.4) is 0 Å². The van der Waals surface area contributed by atoms with Crippen molar-refractivity contribution in [1.82, 2.24) is 14.9 Å². The molecule has 2 aromatic carbocycles. The number of hydrogen-bond donors (Lipinski definition) is 0. The molecule has 3 unspecified atom stereocenters. The van der Waals surface area contributed by atoms with Crippen molar-refractivity contribution in [1.29, 1.82) is 0 Å². The third kappa shape index (κ3) is 4.33. The fourth-order valence-electron chi connectivity index (χ4n) is 5.52. The van der Waals surface area contributed by atoms with Gasteiger partial charge in [0.1, 0.15) is 0 Å². The van der Waals surface area contributed by atoms with Crippen LogP contribution in [0.4, 0.5) is 0 Å². The Balaban J connectivity index is 1.49. The van der Waals surface area contributed by atoms with E-state index in [1.54, 1.807) is 12.4 Å². The summed E-state index contributed by atoms with van der Waals surface area (Å²) in [5.74, 6) is 0.948. The Bertz CT molecular complexity index is 1270. The highest BCUT2D eigenvalue weighted by molar-refractivity contribution is 6.07. The van der Waals surface area contributed by atoms with Crippen LogP contribution in [0.1, 0.15) is 54.4 Å². The zero-order chi connectivity index (χ0) is 23.5. The van der Waals surface area contributed by atoms with Crippen LogP contribution >= 0.6 is 0 Å². The van der Waals surface area contributed by atoms with Gasteiger partial charge in [-0.3, -0.25) is 9.78 Å². The van der Waals surface area contributed by atoms with Gasteiger partial charge in [-0.05, 0) is 49.3 Å². The molecule has 2 aromatic heterocycles. The van der Waals surface area contributed by atoms with Crippen LogP contribution in [-0.2, 0) is 0 Å². The highest BCUT2D eigenvalue weighted by atomic mass is 16.2. The van der Waals surface area contributed by atoms with Crippen LogP contribution < -0.4 is 0 Å². The monoisotopic (exact) mass is 449 g/mol. The summed E-state index contributed by atoms with van der Waals surface area (Å²) >= 11 is 0. The van der Waals surface area contributed by atoms with Crippen molar-refractivity contribution in [2.75, 3.05) is 7.05 Å². The van der Waals surface area contributed by atoms with Crippen molar-refractivity contribution in [3.8, 4) is 11.3 Å². The molecule has 1 saturated carbocycles. The van der Waals surface area contributed by atoms with Crippen molar-refractivity contribution >= 4 is 16.8 Å². The van der Waals surface area contributed by atoms with Crippen LogP contribution in [0.25, 0.3) is 22.2 Å². The number of carbonyl (C=O) groups excluding carboxylic acids is 1. The Hall–Kier alpha value is -3.53. The molecule has 0 N–H and O–H groups in total. The minimum Gasteiger partial charge on any atom is -0.339 e. The van der Waals surface area contributed by atoms with Crippen molar-refractivity contribution < 1.29 is 4.79 Å². The molecule has 0 radical (unpaired) electrons. The standard InChI is InChI=1S/C30H31N3O/c1-21(24-15-9-10-16-25(24)22-11-5-3-6-12-22)33(2)30(34)26-19-29(23-13-7-4-8-14-23)32-28-17-18-31-20-27(26)28/h3-8,11-14,17-21,24-25H,9-10,15-16H2,1-2H3. The average molecular weight is 450 g/mol. The highest BCUT2D eigenvalue weighted by Gasteiger charge is 2.34. The Morgan fingerprint density at radius 2 is 1.68 bits per heavy atom. The second-order valence-electron chi connectivity index (χ2n) is 9.44. The molecule has 34 heavy (non-hydrogen) atoms. The molecule has 1 aliphatic carbocycles. The Morgan fingerprint density at radius 3 is 2.44 bits per heavy atom. The molecular formula is C30H31N3O. The van der Waals surface area contributed by atoms with E-state index in [1.807, 2.05) is 54.4 Å². The number of fused-ring (bicyclic) bond motifs is 1. The van der Waals surface area contributed by atoms with Gasteiger partial charge in [-0.15, -0.1) is 0 Å². The summed E-state index contributed by atoms with van der Waals surface area (Å²) in [6, 6.07) is 24.8.